The highest BCUT2D eigenvalue weighted by molar-refractivity contribution is 5.89. The molecule has 2 aromatic heterocycles. The molecule has 0 aliphatic heterocycles. The molecule has 1 N–H and O–H groups in total. The Morgan fingerprint density at radius 3 is 2.61 bits per heavy atom. The number of allylic oxidation sites excluding steroid dienone is 2. The minimum Gasteiger partial charge on any atom is -0.449 e. The monoisotopic (exact) mass is 374 g/mol. The lowest BCUT2D eigenvalue weighted by Crippen LogP contribution is -2.24. The molecule has 3 aromatic rings. The maximum absolute atomic E-state index is 12.7. The fraction of sp³-hybridized carbons (Fsp3) is 0.0476. The van der Waals surface area contributed by atoms with Crippen LogP contribution >= 0.6 is 0 Å². The molecular weight excluding hydrogens is 356 g/mol. The van der Waals surface area contributed by atoms with E-state index in [4.69, 9.17) is 4.74 Å². The van der Waals surface area contributed by atoms with Gasteiger partial charge in [0.25, 0.3) is 5.56 Å². The first-order valence-corrected chi connectivity index (χ1v) is 8.44. The van der Waals surface area contributed by atoms with Gasteiger partial charge in [-0.15, -0.1) is 0 Å². The van der Waals surface area contributed by atoms with Gasteiger partial charge in [-0.25, -0.2) is 14.5 Å². The summed E-state index contributed by atoms with van der Waals surface area (Å²) in [6.07, 6.45) is 8.46. The number of carbonyl (C=O) groups is 1. The van der Waals surface area contributed by atoms with Crippen LogP contribution in [0.15, 0.2) is 96.7 Å². The van der Waals surface area contributed by atoms with Gasteiger partial charge in [-0.3, -0.25) is 9.78 Å². The molecule has 2 heterocycles. The van der Waals surface area contributed by atoms with Crippen LogP contribution in [0.3, 0.4) is 0 Å². The van der Waals surface area contributed by atoms with E-state index in [1.807, 2.05) is 30.3 Å². The number of benzene rings is 1. The van der Waals surface area contributed by atoms with E-state index in [-0.39, 0.29) is 11.5 Å². The summed E-state index contributed by atoms with van der Waals surface area (Å²) in [7, 11) is 0. The van der Waals surface area contributed by atoms with E-state index in [9.17, 15) is 9.59 Å². The molecule has 0 spiro atoms. The highest BCUT2D eigenvalue weighted by atomic mass is 16.5. The van der Waals surface area contributed by atoms with Crippen molar-refractivity contribution < 1.29 is 9.53 Å². The smallest absolute Gasteiger partial charge is 0.346 e. The number of aromatic amines is 1. The lowest BCUT2D eigenvalue weighted by molar-refractivity contribution is 0.0374. The van der Waals surface area contributed by atoms with E-state index in [1.165, 1.54) is 10.9 Å². The number of hydrogen-bond acceptors (Lipinski definition) is 5. The summed E-state index contributed by atoms with van der Waals surface area (Å²) in [6, 6.07) is 10.9. The van der Waals surface area contributed by atoms with Crippen molar-refractivity contribution in [3.05, 3.63) is 113 Å². The molecule has 0 fully saturated rings. The second-order valence-corrected chi connectivity index (χ2v) is 5.70. The average Bonchev–Trinajstić information content (AvgIpc) is 3.26. The topological polar surface area (TPSA) is 89.9 Å². The summed E-state index contributed by atoms with van der Waals surface area (Å²) in [6.45, 7) is 7.44. The van der Waals surface area contributed by atoms with Crippen LogP contribution in [0.1, 0.15) is 22.0 Å². The maximum Gasteiger partial charge on any atom is 0.346 e. The van der Waals surface area contributed by atoms with Crippen LogP contribution in [0, 0.1) is 0 Å². The van der Waals surface area contributed by atoms with E-state index in [1.54, 1.807) is 36.7 Å². The second-order valence-electron chi connectivity index (χ2n) is 5.70. The van der Waals surface area contributed by atoms with Crippen molar-refractivity contribution in [2.45, 2.75) is 6.10 Å². The average molecular weight is 374 g/mol. The van der Waals surface area contributed by atoms with Crippen LogP contribution in [0.2, 0.25) is 0 Å². The maximum atomic E-state index is 12.7. The Kier molecular flexibility index (Phi) is 5.76. The minimum absolute atomic E-state index is 0.199. The van der Waals surface area contributed by atoms with Gasteiger partial charge in [0, 0.05) is 12.4 Å². The molecule has 0 aliphatic carbocycles. The van der Waals surface area contributed by atoms with Crippen molar-refractivity contribution in [3.8, 4) is 5.95 Å². The summed E-state index contributed by atoms with van der Waals surface area (Å²) in [4.78, 5) is 31.7. The molecule has 28 heavy (non-hydrogen) atoms. The van der Waals surface area contributed by atoms with Gasteiger partial charge >= 0.3 is 5.97 Å². The first-order valence-electron chi connectivity index (χ1n) is 8.44. The Hall–Kier alpha value is -4.00. The molecule has 1 aromatic carbocycles. The van der Waals surface area contributed by atoms with Crippen molar-refractivity contribution in [1.82, 2.24) is 19.7 Å². The number of esters is 1. The zero-order valence-electron chi connectivity index (χ0n) is 15.0. The minimum atomic E-state index is -0.800. The number of hydrogen-bond donors (Lipinski definition) is 1. The number of aromatic nitrogens is 4. The normalized spacial score (nSPS) is 12.2. The summed E-state index contributed by atoms with van der Waals surface area (Å²) >= 11 is 0. The van der Waals surface area contributed by atoms with Gasteiger partial charge in [0.05, 0.1) is 6.20 Å². The summed E-state index contributed by atoms with van der Waals surface area (Å²) in [5.74, 6) is -0.601. The highest BCUT2D eigenvalue weighted by Crippen LogP contribution is 2.27. The predicted octanol–water partition coefficient (Wildman–Crippen LogP) is 3.15. The van der Waals surface area contributed by atoms with E-state index in [0.29, 0.717) is 5.57 Å². The van der Waals surface area contributed by atoms with E-state index >= 15 is 0 Å². The molecule has 0 amide bonds. The molecule has 1 unspecified atom stereocenters. The van der Waals surface area contributed by atoms with E-state index < -0.39 is 17.6 Å². The summed E-state index contributed by atoms with van der Waals surface area (Å²) < 4.78 is 7.01. The Morgan fingerprint density at radius 1 is 1.21 bits per heavy atom. The van der Waals surface area contributed by atoms with Crippen LogP contribution in [-0.4, -0.2) is 25.7 Å². The van der Waals surface area contributed by atoms with Gasteiger partial charge in [0.1, 0.15) is 5.56 Å². The quantitative estimate of drug-likeness (QED) is 0.507. The predicted molar refractivity (Wildman–Crippen MR) is 105 cm³/mol. The summed E-state index contributed by atoms with van der Waals surface area (Å²) in [5.41, 5.74) is 0.539. The SMILES string of the molecule is C=C/C=C(\C=C)C(OC(=O)c1cnc(-n2cccn2)[nH]c1=O)c1ccccc1. The van der Waals surface area contributed by atoms with Gasteiger partial charge in [-0.05, 0) is 17.2 Å². The fourth-order valence-electron chi connectivity index (χ4n) is 2.57. The van der Waals surface area contributed by atoms with Crippen molar-refractivity contribution >= 4 is 5.97 Å². The number of nitrogens with zero attached hydrogens (tertiary/aromatic N) is 3. The first kappa shape index (κ1) is 18.8. The standard InChI is InChI=1S/C21H18N4O3/c1-3-9-15(4-2)18(16-10-6-5-7-11-16)28-20(27)17-14-22-21(24-19(17)26)25-13-8-12-23-25/h3-14,18H,1-2H2,(H,22,24,26)/b15-9+. The molecule has 0 bridgehead atoms. The second kappa shape index (κ2) is 8.59. The molecule has 0 saturated carbocycles. The van der Waals surface area contributed by atoms with E-state index in [2.05, 4.69) is 28.2 Å². The van der Waals surface area contributed by atoms with Gasteiger partial charge in [-0.1, -0.05) is 61.7 Å². The zero-order chi connectivity index (χ0) is 19.9. The van der Waals surface area contributed by atoms with Crippen molar-refractivity contribution in [2.24, 2.45) is 0 Å². The van der Waals surface area contributed by atoms with Crippen LogP contribution in [0.25, 0.3) is 5.95 Å². The van der Waals surface area contributed by atoms with Crippen LogP contribution in [0.4, 0.5) is 0 Å². The third kappa shape index (κ3) is 4.04. The number of H-pyrrole nitrogens is 1. The third-order valence-corrected chi connectivity index (χ3v) is 3.90. The Labute approximate surface area is 161 Å². The Bertz CT molecular complexity index is 1070. The molecular formula is C21H18N4O3. The molecule has 7 heteroatoms. The molecule has 0 aliphatic rings. The van der Waals surface area contributed by atoms with Crippen LogP contribution < -0.4 is 5.56 Å². The Morgan fingerprint density at radius 2 is 2.00 bits per heavy atom. The van der Waals surface area contributed by atoms with Crippen molar-refractivity contribution in [2.75, 3.05) is 0 Å². The first-order chi connectivity index (χ1) is 13.6. The van der Waals surface area contributed by atoms with Crippen molar-refractivity contribution in [1.29, 1.82) is 0 Å². The van der Waals surface area contributed by atoms with Gasteiger partial charge in [0.2, 0.25) is 5.95 Å². The number of ether oxygens (including phenoxy) is 1. The highest BCUT2D eigenvalue weighted by Gasteiger charge is 2.22. The van der Waals surface area contributed by atoms with Crippen molar-refractivity contribution in [3.63, 3.8) is 0 Å². The Balaban J connectivity index is 1.92. The molecule has 1 atom stereocenters. The molecule has 0 saturated heterocycles. The number of nitrogens with one attached hydrogen (secondary N) is 1. The molecule has 0 radical (unpaired) electrons. The van der Waals surface area contributed by atoms with Crippen LogP contribution in [-0.2, 0) is 4.74 Å². The number of carbonyl (C=O) groups excluding carboxylic acids is 1. The molecule has 140 valence electrons. The van der Waals surface area contributed by atoms with Gasteiger partial charge in [-0.2, -0.15) is 5.10 Å². The molecule has 3 rings (SSSR count). The number of rotatable bonds is 7. The fourth-order valence-corrected chi connectivity index (χ4v) is 2.57. The zero-order valence-corrected chi connectivity index (χ0v) is 15.0. The third-order valence-electron chi connectivity index (χ3n) is 3.90. The van der Waals surface area contributed by atoms with Gasteiger partial charge in [0.15, 0.2) is 6.10 Å². The summed E-state index contributed by atoms with van der Waals surface area (Å²) in [5, 5.41) is 3.98. The largest absolute Gasteiger partial charge is 0.449 e. The lowest BCUT2D eigenvalue weighted by Gasteiger charge is -2.19. The van der Waals surface area contributed by atoms with Crippen LogP contribution in [0.5, 0.6) is 0 Å². The van der Waals surface area contributed by atoms with E-state index in [0.717, 1.165) is 5.56 Å². The van der Waals surface area contributed by atoms with Gasteiger partial charge < -0.3 is 4.74 Å². The molecule has 7 nitrogen and oxygen atoms in total. The lowest BCUT2D eigenvalue weighted by atomic mass is 10.0.